The predicted octanol–water partition coefficient (Wildman–Crippen LogP) is 4.70. The molecule has 1 aromatic rings. The standard InChI is InChI=1S/C16H18I2O4/c1-8-11(15(19)20)12(9(2)14(18)13(8)17)16(21)22-10-6-4-3-5-7-10/h10H,3-7H2,1-2H3,(H,19,20). The Bertz CT molecular complexity index is 619. The largest absolute Gasteiger partial charge is 0.478 e. The first kappa shape index (κ1) is 18.0. The Morgan fingerprint density at radius 3 is 2.00 bits per heavy atom. The van der Waals surface area contributed by atoms with Crippen LogP contribution in [0.5, 0.6) is 0 Å². The number of carboxylic acids is 1. The molecular weight excluding hydrogens is 510 g/mol. The average Bonchev–Trinajstić information content (AvgIpc) is 2.49. The molecule has 0 heterocycles. The highest BCUT2D eigenvalue weighted by Crippen LogP contribution is 2.31. The van der Waals surface area contributed by atoms with E-state index < -0.39 is 11.9 Å². The molecular formula is C16H18I2O4. The monoisotopic (exact) mass is 528 g/mol. The van der Waals surface area contributed by atoms with Gasteiger partial charge in [0.15, 0.2) is 0 Å². The van der Waals surface area contributed by atoms with E-state index in [1.54, 1.807) is 13.8 Å². The number of carbonyl (C=O) groups is 2. The van der Waals surface area contributed by atoms with Crippen LogP contribution in [0.1, 0.15) is 63.9 Å². The van der Waals surface area contributed by atoms with Crippen molar-refractivity contribution in [1.29, 1.82) is 0 Å². The summed E-state index contributed by atoms with van der Waals surface area (Å²) in [4.78, 5) is 24.2. The van der Waals surface area contributed by atoms with Crippen molar-refractivity contribution in [1.82, 2.24) is 0 Å². The summed E-state index contributed by atoms with van der Waals surface area (Å²) in [6, 6.07) is 0. The third kappa shape index (κ3) is 3.58. The van der Waals surface area contributed by atoms with Crippen LogP contribution in [0, 0.1) is 21.0 Å². The topological polar surface area (TPSA) is 63.6 Å². The van der Waals surface area contributed by atoms with Crippen molar-refractivity contribution in [3.63, 3.8) is 0 Å². The van der Waals surface area contributed by atoms with Crippen LogP contribution in [-0.2, 0) is 4.74 Å². The lowest BCUT2D eigenvalue weighted by Crippen LogP contribution is -2.24. The molecule has 1 aliphatic rings. The van der Waals surface area contributed by atoms with E-state index in [4.69, 9.17) is 4.74 Å². The lowest BCUT2D eigenvalue weighted by Gasteiger charge is -2.23. The van der Waals surface area contributed by atoms with E-state index in [-0.39, 0.29) is 17.2 Å². The van der Waals surface area contributed by atoms with E-state index in [9.17, 15) is 14.7 Å². The first-order valence-corrected chi connectivity index (χ1v) is 9.42. The molecule has 2 rings (SSSR count). The number of rotatable bonds is 3. The number of aromatic carboxylic acids is 1. The number of esters is 1. The normalized spacial score (nSPS) is 15.6. The number of benzene rings is 1. The molecule has 1 saturated carbocycles. The van der Waals surface area contributed by atoms with Gasteiger partial charge in [0.1, 0.15) is 6.10 Å². The van der Waals surface area contributed by atoms with Gasteiger partial charge in [0, 0.05) is 7.14 Å². The Hall–Kier alpha value is -0.380. The van der Waals surface area contributed by atoms with Gasteiger partial charge in [0.25, 0.3) is 0 Å². The van der Waals surface area contributed by atoms with E-state index in [0.717, 1.165) is 32.8 Å². The van der Waals surface area contributed by atoms with Crippen LogP contribution in [0.25, 0.3) is 0 Å². The van der Waals surface area contributed by atoms with Crippen LogP contribution < -0.4 is 0 Å². The summed E-state index contributed by atoms with van der Waals surface area (Å²) in [7, 11) is 0. The second-order valence-electron chi connectivity index (χ2n) is 5.60. The van der Waals surface area contributed by atoms with Crippen molar-refractivity contribution in [2.45, 2.75) is 52.1 Å². The summed E-state index contributed by atoms with van der Waals surface area (Å²) in [6.07, 6.45) is 4.95. The maximum atomic E-state index is 12.6. The minimum Gasteiger partial charge on any atom is -0.478 e. The third-order valence-electron chi connectivity index (χ3n) is 4.10. The lowest BCUT2D eigenvalue weighted by atomic mass is 9.96. The maximum Gasteiger partial charge on any atom is 0.339 e. The Morgan fingerprint density at radius 2 is 1.50 bits per heavy atom. The summed E-state index contributed by atoms with van der Waals surface area (Å²) in [5.74, 6) is -1.58. The van der Waals surface area contributed by atoms with Gasteiger partial charge >= 0.3 is 11.9 Å². The smallest absolute Gasteiger partial charge is 0.339 e. The number of ether oxygens (including phenoxy) is 1. The van der Waals surface area contributed by atoms with Crippen LogP contribution in [0.15, 0.2) is 0 Å². The van der Waals surface area contributed by atoms with E-state index in [1.165, 1.54) is 6.42 Å². The molecule has 6 heteroatoms. The van der Waals surface area contributed by atoms with Crippen LogP contribution in [0.3, 0.4) is 0 Å². The molecule has 1 aromatic carbocycles. The number of carboxylic acid groups (broad SMARTS) is 1. The van der Waals surface area contributed by atoms with Gasteiger partial charge in [-0.3, -0.25) is 0 Å². The van der Waals surface area contributed by atoms with Gasteiger partial charge in [0.05, 0.1) is 11.1 Å². The molecule has 0 atom stereocenters. The van der Waals surface area contributed by atoms with Gasteiger partial charge in [0.2, 0.25) is 0 Å². The van der Waals surface area contributed by atoms with Crippen molar-refractivity contribution in [2.75, 3.05) is 0 Å². The zero-order valence-electron chi connectivity index (χ0n) is 12.5. The first-order chi connectivity index (χ1) is 10.3. The van der Waals surface area contributed by atoms with Crippen molar-refractivity contribution >= 4 is 57.1 Å². The Balaban J connectivity index is 2.44. The number of carbonyl (C=O) groups excluding carboxylic acids is 1. The number of hydrogen-bond acceptors (Lipinski definition) is 3. The third-order valence-corrected chi connectivity index (χ3v) is 7.82. The lowest BCUT2D eigenvalue weighted by molar-refractivity contribution is 0.0205. The van der Waals surface area contributed by atoms with Crippen molar-refractivity contribution in [3.8, 4) is 0 Å². The van der Waals surface area contributed by atoms with Crippen molar-refractivity contribution in [3.05, 3.63) is 29.4 Å². The molecule has 0 amide bonds. The molecule has 120 valence electrons. The second-order valence-corrected chi connectivity index (χ2v) is 7.76. The van der Waals surface area contributed by atoms with Crippen LogP contribution in [-0.4, -0.2) is 23.1 Å². The minimum absolute atomic E-state index is 0.0723. The fourth-order valence-electron chi connectivity index (χ4n) is 2.84. The quantitative estimate of drug-likeness (QED) is 0.457. The van der Waals surface area contributed by atoms with Gasteiger partial charge in [-0.25, -0.2) is 9.59 Å². The first-order valence-electron chi connectivity index (χ1n) is 7.27. The van der Waals surface area contributed by atoms with E-state index in [0.29, 0.717) is 11.1 Å². The Morgan fingerprint density at radius 1 is 1.00 bits per heavy atom. The molecule has 0 saturated heterocycles. The summed E-state index contributed by atoms with van der Waals surface area (Å²) in [5, 5.41) is 9.53. The highest BCUT2D eigenvalue weighted by molar-refractivity contribution is 14.1. The van der Waals surface area contributed by atoms with E-state index in [2.05, 4.69) is 45.2 Å². The molecule has 0 bridgehead atoms. The van der Waals surface area contributed by atoms with Crippen LogP contribution in [0.2, 0.25) is 0 Å². The molecule has 0 unspecified atom stereocenters. The van der Waals surface area contributed by atoms with Crippen LogP contribution in [0.4, 0.5) is 0 Å². The van der Waals surface area contributed by atoms with E-state index in [1.807, 2.05) is 0 Å². The van der Waals surface area contributed by atoms with Gasteiger partial charge in [-0.2, -0.15) is 0 Å². The van der Waals surface area contributed by atoms with Crippen LogP contribution >= 0.6 is 45.2 Å². The molecule has 0 aliphatic heterocycles. The maximum absolute atomic E-state index is 12.6. The Kier molecular flexibility index (Phi) is 6.09. The average molecular weight is 528 g/mol. The molecule has 0 spiro atoms. The van der Waals surface area contributed by atoms with Crippen molar-refractivity contribution < 1.29 is 19.4 Å². The molecule has 1 N–H and O–H groups in total. The zero-order valence-corrected chi connectivity index (χ0v) is 16.9. The fraction of sp³-hybridized carbons (Fsp3) is 0.500. The van der Waals surface area contributed by atoms with Gasteiger partial charge in [-0.1, -0.05) is 6.42 Å². The zero-order chi connectivity index (χ0) is 16.4. The highest BCUT2D eigenvalue weighted by Gasteiger charge is 2.28. The summed E-state index contributed by atoms with van der Waals surface area (Å²) >= 11 is 4.28. The second kappa shape index (κ2) is 7.46. The van der Waals surface area contributed by atoms with Gasteiger partial charge in [-0.05, 0) is 95.8 Å². The summed E-state index contributed by atoms with van der Waals surface area (Å²) in [6.45, 7) is 3.53. The summed E-state index contributed by atoms with van der Waals surface area (Å²) in [5.41, 5.74) is 1.59. The van der Waals surface area contributed by atoms with E-state index >= 15 is 0 Å². The SMILES string of the molecule is Cc1c(I)c(I)c(C)c(C(=O)OC2CCCCC2)c1C(=O)O. The molecule has 0 radical (unpaired) electrons. The van der Waals surface area contributed by atoms with Gasteiger partial charge < -0.3 is 9.84 Å². The molecule has 1 fully saturated rings. The molecule has 4 nitrogen and oxygen atoms in total. The number of halogens is 2. The predicted molar refractivity (Wildman–Crippen MR) is 101 cm³/mol. The molecule has 0 aromatic heterocycles. The summed E-state index contributed by atoms with van der Waals surface area (Å²) < 4.78 is 7.38. The fourth-order valence-corrected chi connectivity index (χ4v) is 4.19. The highest BCUT2D eigenvalue weighted by atomic mass is 127. The molecule has 1 aliphatic carbocycles. The van der Waals surface area contributed by atoms with Crippen molar-refractivity contribution in [2.24, 2.45) is 0 Å². The Labute approximate surface area is 157 Å². The van der Waals surface area contributed by atoms with Gasteiger partial charge in [-0.15, -0.1) is 0 Å². The minimum atomic E-state index is -1.08. The molecule has 22 heavy (non-hydrogen) atoms. The number of hydrogen-bond donors (Lipinski definition) is 1.